The molecule has 1 aromatic heterocycles. The number of rotatable bonds is 8. The molecule has 0 aliphatic rings. The zero-order valence-electron chi connectivity index (χ0n) is 13.5. The van der Waals surface area contributed by atoms with E-state index in [9.17, 15) is 0 Å². The Morgan fingerprint density at radius 2 is 1.90 bits per heavy atom. The first-order chi connectivity index (χ1) is 10.2. The van der Waals surface area contributed by atoms with Gasteiger partial charge in [0.15, 0.2) is 0 Å². The number of imidazole rings is 1. The van der Waals surface area contributed by atoms with Gasteiger partial charge in [0.1, 0.15) is 0 Å². The fourth-order valence-electron chi connectivity index (χ4n) is 2.36. The molecule has 0 fully saturated rings. The van der Waals surface area contributed by atoms with Gasteiger partial charge in [0.25, 0.3) is 0 Å². The highest BCUT2D eigenvalue weighted by molar-refractivity contribution is 5.25. The summed E-state index contributed by atoms with van der Waals surface area (Å²) >= 11 is 0. The third kappa shape index (κ3) is 5.01. The molecule has 2 rings (SSSR count). The molecule has 0 atom stereocenters. The van der Waals surface area contributed by atoms with Gasteiger partial charge >= 0.3 is 0 Å². The minimum absolute atomic E-state index is 0.592. The second-order valence-corrected chi connectivity index (χ2v) is 5.93. The van der Waals surface area contributed by atoms with Crippen LogP contribution in [-0.2, 0) is 13.0 Å². The van der Waals surface area contributed by atoms with E-state index in [2.05, 4.69) is 66.1 Å². The fraction of sp³-hybridized carbons (Fsp3) is 0.500. The molecule has 114 valence electrons. The number of nitrogens with zero attached hydrogens (tertiary/aromatic N) is 2. The molecule has 0 radical (unpaired) electrons. The van der Waals surface area contributed by atoms with Gasteiger partial charge in [-0.25, -0.2) is 4.98 Å². The average Bonchev–Trinajstić information content (AvgIpc) is 2.92. The molecule has 3 heteroatoms. The van der Waals surface area contributed by atoms with Crippen LogP contribution in [0.4, 0.5) is 0 Å². The molecule has 1 heterocycles. The molecule has 21 heavy (non-hydrogen) atoms. The van der Waals surface area contributed by atoms with Gasteiger partial charge < -0.3 is 9.88 Å². The number of hydrogen-bond acceptors (Lipinski definition) is 2. The minimum Gasteiger partial charge on any atom is -0.333 e. The minimum atomic E-state index is 0.592. The molecule has 1 N–H and O–H groups in total. The van der Waals surface area contributed by atoms with E-state index in [-0.39, 0.29) is 0 Å². The largest absolute Gasteiger partial charge is 0.333 e. The van der Waals surface area contributed by atoms with Crippen molar-refractivity contribution in [2.75, 3.05) is 13.1 Å². The standard InChI is InChI=1S/C18H27N3/c1-4-10-19-11-9-18-13-21(14-20-18)12-16-5-7-17(8-6-16)15(2)3/h5-8,13-15,19H,4,9-12H2,1-3H3. The zero-order chi connectivity index (χ0) is 15.1. The first-order valence-corrected chi connectivity index (χ1v) is 7.99. The van der Waals surface area contributed by atoms with Crippen molar-refractivity contribution >= 4 is 0 Å². The lowest BCUT2D eigenvalue weighted by Gasteiger charge is -2.07. The Morgan fingerprint density at radius 3 is 2.57 bits per heavy atom. The van der Waals surface area contributed by atoms with E-state index in [4.69, 9.17) is 0 Å². The van der Waals surface area contributed by atoms with Crippen LogP contribution in [0.15, 0.2) is 36.8 Å². The first kappa shape index (κ1) is 15.8. The van der Waals surface area contributed by atoms with Crippen molar-refractivity contribution in [3.8, 4) is 0 Å². The topological polar surface area (TPSA) is 29.9 Å². The van der Waals surface area contributed by atoms with Gasteiger partial charge in [0.05, 0.1) is 12.0 Å². The Hall–Kier alpha value is -1.61. The Balaban J connectivity index is 1.86. The summed E-state index contributed by atoms with van der Waals surface area (Å²) in [5.41, 5.74) is 3.89. The van der Waals surface area contributed by atoms with Crippen LogP contribution < -0.4 is 5.32 Å². The summed E-state index contributed by atoms with van der Waals surface area (Å²) in [4.78, 5) is 4.48. The van der Waals surface area contributed by atoms with Crippen LogP contribution in [0.5, 0.6) is 0 Å². The van der Waals surface area contributed by atoms with E-state index in [0.717, 1.165) is 31.7 Å². The van der Waals surface area contributed by atoms with Crippen molar-refractivity contribution in [1.82, 2.24) is 14.9 Å². The van der Waals surface area contributed by atoms with Crippen molar-refractivity contribution in [2.24, 2.45) is 0 Å². The van der Waals surface area contributed by atoms with E-state index in [0.29, 0.717) is 5.92 Å². The number of hydrogen-bond donors (Lipinski definition) is 1. The molecule has 0 unspecified atom stereocenters. The Labute approximate surface area is 128 Å². The Morgan fingerprint density at radius 1 is 1.14 bits per heavy atom. The lowest BCUT2D eigenvalue weighted by Crippen LogP contribution is -2.17. The third-order valence-electron chi connectivity index (χ3n) is 3.68. The van der Waals surface area contributed by atoms with Crippen LogP contribution in [0.2, 0.25) is 0 Å². The van der Waals surface area contributed by atoms with Crippen molar-refractivity contribution in [2.45, 2.75) is 46.1 Å². The number of benzene rings is 1. The molecule has 2 aromatic rings. The smallest absolute Gasteiger partial charge is 0.0952 e. The quantitative estimate of drug-likeness (QED) is 0.751. The molecule has 0 spiro atoms. The third-order valence-corrected chi connectivity index (χ3v) is 3.68. The molecular formula is C18H27N3. The highest BCUT2D eigenvalue weighted by Crippen LogP contribution is 2.15. The molecule has 0 saturated heterocycles. The predicted molar refractivity (Wildman–Crippen MR) is 88.7 cm³/mol. The molecule has 0 bridgehead atoms. The normalized spacial score (nSPS) is 11.2. The summed E-state index contributed by atoms with van der Waals surface area (Å²) in [6, 6.07) is 8.90. The van der Waals surface area contributed by atoms with Crippen LogP contribution >= 0.6 is 0 Å². The van der Waals surface area contributed by atoms with Gasteiger partial charge in [-0.05, 0) is 30.0 Å². The first-order valence-electron chi connectivity index (χ1n) is 7.99. The lowest BCUT2D eigenvalue weighted by atomic mass is 10.0. The summed E-state index contributed by atoms with van der Waals surface area (Å²) in [7, 11) is 0. The maximum atomic E-state index is 4.48. The summed E-state index contributed by atoms with van der Waals surface area (Å²) in [5, 5.41) is 3.41. The van der Waals surface area contributed by atoms with Gasteiger partial charge in [-0.15, -0.1) is 0 Å². The van der Waals surface area contributed by atoms with Crippen LogP contribution in [0, 0.1) is 0 Å². The second kappa shape index (κ2) is 7.99. The van der Waals surface area contributed by atoms with Gasteiger partial charge in [-0.3, -0.25) is 0 Å². The lowest BCUT2D eigenvalue weighted by molar-refractivity contribution is 0.666. The monoisotopic (exact) mass is 285 g/mol. The van der Waals surface area contributed by atoms with E-state index in [1.165, 1.54) is 17.5 Å². The van der Waals surface area contributed by atoms with Crippen molar-refractivity contribution in [3.63, 3.8) is 0 Å². The van der Waals surface area contributed by atoms with Gasteiger partial charge in [0, 0.05) is 25.7 Å². The number of nitrogens with one attached hydrogen (secondary N) is 1. The van der Waals surface area contributed by atoms with Crippen LogP contribution in [0.3, 0.4) is 0 Å². The Kier molecular flexibility index (Phi) is 6.00. The van der Waals surface area contributed by atoms with Gasteiger partial charge in [-0.2, -0.15) is 0 Å². The van der Waals surface area contributed by atoms with E-state index in [1.807, 2.05) is 6.33 Å². The number of aromatic nitrogens is 2. The molecule has 1 aromatic carbocycles. The molecule has 3 nitrogen and oxygen atoms in total. The van der Waals surface area contributed by atoms with Gasteiger partial charge in [-0.1, -0.05) is 45.0 Å². The zero-order valence-corrected chi connectivity index (χ0v) is 13.5. The summed E-state index contributed by atoms with van der Waals surface area (Å²) in [6.45, 7) is 9.63. The van der Waals surface area contributed by atoms with Crippen molar-refractivity contribution < 1.29 is 0 Å². The molecule has 0 amide bonds. The highest BCUT2D eigenvalue weighted by Gasteiger charge is 2.02. The van der Waals surface area contributed by atoms with Crippen molar-refractivity contribution in [3.05, 3.63) is 53.6 Å². The summed E-state index contributed by atoms with van der Waals surface area (Å²) in [5.74, 6) is 0.592. The molecule has 0 saturated carbocycles. The van der Waals surface area contributed by atoms with Gasteiger partial charge in [0.2, 0.25) is 0 Å². The van der Waals surface area contributed by atoms with Crippen LogP contribution in [-0.4, -0.2) is 22.6 Å². The van der Waals surface area contributed by atoms with E-state index < -0.39 is 0 Å². The van der Waals surface area contributed by atoms with Crippen molar-refractivity contribution in [1.29, 1.82) is 0 Å². The molecule has 0 aliphatic heterocycles. The van der Waals surface area contributed by atoms with E-state index >= 15 is 0 Å². The molecule has 0 aliphatic carbocycles. The predicted octanol–water partition coefficient (Wildman–Crippen LogP) is 3.60. The van der Waals surface area contributed by atoms with E-state index in [1.54, 1.807) is 0 Å². The highest BCUT2D eigenvalue weighted by atomic mass is 15.0. The van der Waals surface area contributed by atoms with Crippen LogP contribution in [0.25, 0.3) is 0 Å². The SMILES string of the molecule is CCCNCCc1cn(Cc2ccc(C(C)C)cc2)cn1. The Bertz CT molecular complexity index is 526. The average molecular weight is 285 g/mol. The molecular weight excluding hydrogens is 258 g/mol. The maximum absolute atomic E-state index is 4.48. The second-order valence-electron chi connectivity index (χ2n) is 5.93. The fourth-order valence-corrected chi connectivity index (χ4v) is 2.36. The van der Waals surface area contributed by atoms with Crippen LogP contribution in [0.1, 0.15) is 49.9 Å². The maximum Gasteiger partial charge on any atom is 0.0952 e. The summed E-state index contributed by atoms with van der Waals surface area (Å²) in [6.07, 6.45) is 6.27. The summed E-state index contributed by atoms with van der Waals surface area (Å²) < 4.78 is 2.17.